The second-order valence-electron chi connectivity index (χ2n) is 6.58. The number of hydrogen-bond acceptors (Lipinski definition) is 4. The number of nitrogens with one attached hydrogen (secondary N) is 1. The van der Waals surface area contributed by atoms with Crippen molar-refractivity contribution in [1.82, 2.24) is 5.32 Å². The van der Waals surface area contributed by atoms with Gasteiger partial charge in [-0.15, -0.1) is 0 Å². The Morgan fingerprint density at radius 1 is 1.05 bits per heavy atom. The Hall–Kier alpha value is -1.26. The highest BCUT2D eigenvalue weighted by Crippen LogP contribution is 2.24. The maximum absolute atomic E-state index is 10.1. The smallest absolute Gasteiger partial charge is 0.119 e. The van der Waals surface area contributed by atoms with Gasteiger partial charge in [0.05, 0.1) is 13.2 Å². The summed E-state index contributed by atoms with van der Waals surface area (Å²) in [5.74, 6) is 0.909. The Morgan fingerprint density at radius 2 is 1.73 bits per heavy atom. The van der Waals surface area contributed by atoms with Gasteiger partial charge in [0.15, 0.2) is 0 Å². The van der Waals surface area contributed by atoms with E-state index in [1.54, 1.807) is 7.11 Å². The average molecular weight is 304 g/mol. The molecule has 0 radical (unpaired) electrons. The van der Waals surface area contributed by atoms with Gasteiger partial charge in [-0.3, -0.25) is 0 Å². The van der Waals surface area contributed by atoms with Crippen LogP contribution in [0, 0.1) is 0 Å². The summed E-state index contributed by atoms with van der Waals surface area (Å²) in [6, 6.07) is 9.18. The summed E-state index contributed by atoms with van der Waals surface area (Å²) >= 11 is 0. The van der Waals surface area contributed by atoms with Crippen LogP contribution in [-0.2, 0) is 0 Å². The average Bonchev–Trinajstić information content (AvgIpc) is 2.58. The standard InChI is InChI=1S/C18H28N2O2/c1-22-16-8-6-15(7-9-16)20-12-10-14(11-13-20)19-17-4-2-3-5-18(17)21/h6-9,14,17-19,21H,2-5,10-13H2,1H3. The molecule has 4 heteroatoms. The molecule has 122 valence electrons. The van der Waals surface area contributed by atoms with Crippen molar-refractivity contribution in [3.05, 3.63) is 24.3 Å². The van der Waals surface area contributed by atoms with Crippen LogP contribution < -0.4 is 15.0 Å². The van der Waals surface area contributed by atoms with E-state index in [9.17, 15) is 5.11 Å². The number of ether oxygens (including phenoxy) is 1. The molecule has 2 atom stereocenters. The lowest BCUT2D eigenvalue weighted by molar-refractivity contribution is 0.0828. The molecule has 0 spiro atoms. The number of benzene rings is 1. The van der Waals surface area contributed by atoms with Gasteiger partial charge in [0.25, 0.3) is 0 Å². The molecule has 0 aromatic heterocycles. The molecule has 2 unspecified atom stereocenters. The van der Waals surface area contributed by atoms with E-state index in [1.807, 2.05) is 12.1 Å². The summed E-state index contributed by atoms with van der Waals surface area (Å²) in [6.45, 7) is 2.15. The van der Waals surface area contributed by atoms with Crippen LogP contribution in [-0.4, -0.2) is 43.5 Å². The molecule has 1 aromatic carbocycles. The summed E-state index contributed by atoms with van der Waals surface area (Å²) in [4.78, 5) is 2.44. The summed E-state index contributed by atoms with van der Waals surface area (Å²) < 4.78 is 5.22. The van der Waals surface area contributed by atoms with Crippen molar-refractivity contribution in [3.63, 3.8) is 0 Å². The zero-order valence-electron chi connectivity index (χ0n) is 13.5. The third-order valence-corrected chi connectivity index (χ3v) is 5.11. The van der Waals surface area contributed by atoms with E-state index in [4.69, 9.17) is 4.74 Å². The molecule has 2 fully saturated rings. The van der Waals surface area contributed by atoms with Gasteiger partial charge in [0, 0.05) is 30.9 Å². The molecule has 0 bridgehead atoms. The summed E-state index contributed by atoms with van der Waals surface area (Å²) in [5.41, 5.74) is 1.27. The molecule has 1 aliphatic carbocycles. The Morgan fingerprint density at radius 3 is 2.36 bits per heavy atom. The van der Waals surface area contributed by atoms with Gasteiger partial charge in [-0.25, -0.2) is 0 Å². The van der Waals surface area contributed by atoms with Crippen LogP contribution >= 0.6 is 0 Å². The molecular formula is C18H28N2O2. The molecule has 0 amide bonds. The van der Waals surface area contributed by atoms with Crippen LogP contribution in [0.3, 0.4) is 0 Å². The van der Waals surface area contributed by atoms with E-state index < -0.39 is 0 Å². The lowest BCUT2D eigenvalue weighted by atomic mass is 9.91. The molecule has 1 heterocycles. The molecular weight excluding hydrogens is 276 g/mol. The minimum absolute atomic E-state index is 0.145. The largest absolute Gasteiger partial charge is 0.497 e. The van der Waals surface area contributed by atoms with Crippen molar-refractivity contribution >= 4 is 5.69 Å². The van der Waals surface area contributed by atoms with E-state index in [1.165, 1.54) is 18.5 Å². The molecule has 4 nitrogen and oxygen atoms in total. The molecule has 1 saturated heterocycles. The predicted molar refractivity (Wildman–Crippen MR) is 89.6 cm³/mol. The molecule has 1 saturated carbocycles. The quantitative estimate of drug-likeness (QED) is 0.897. The van der Waals surface area contributed by atoms with Crippen molar-refractivity contribution in [2.24, 2.45) is 0 Å². The lowest BCUT2D eigenvalue weighted by Crippen LogP contribution is -2.51. The van der Waals surface area contributed by atoms with Crippen LogP contribution in [0.15, 0.2) is 24.3 Å². The summed E-state index contributed by atoms with van der Waals surface area (Å²) in [6.07, 6.45) is 6.66. The zero-order valence-corrected chi connectivity index (χ0v) is 13.5. The Balaban J connectivity index is 1.49. The topological polar surface area (TPSA) is 44.7 Å². The number of aliphatic hydroxyl groups excluding tert-OH is 1. The first kappa shape index (κ1) is 15.6. The molecule has 2 aliphatic rings. The normalized spacial score (nSPS) is 26.9. The number of methoxy groups -OCH3 is 1. The molecule has 3 rings (SSSR count). The van der Waals surface area contributed by atoms with Gasteiger partial charge in [-0.1, -0.05) is 12.8 Å². The third-order valence-electron chi connectivity index (χ3n) is 5.11. The van der Waals surface area contributed by atoms with Crippen molar-refractivity contribution < 1.29 is 9.84 Å². The Bertz CT molecular complexity index is 455. The van der Waals surface area contributed by atoms with Gasteiger partial charge in [0.1, 0.15) is 5.75 Å². The number of hydrogen-bond donors (Lipinski definition) is 2. The Kier molecular flexibility index (Phi) is 5.21. The molecule has 2 N–H and O–H groups in total. The van der Waals surface area contributed by atoms with Gasteiger partial charge < -0.3 is 20.1 Å². The van der Waals surface area contributed by atoms with E-state index in [2.05, 4.69) is 22.3 Å². The van der Waals surface area contributed by atoms with Gasteiger partial charge >= 0.3 is 0 Å². The zero-order chi connectivity index (χ0) is 15.4. The number of aliphatic hydroxyl groups is 1. The lowest BCUT2D eigenvalue weighted by Gasteiger charge is -2.38. The van der Waals surface area contributed by atoms with Crippen LogP contribution in [0.2, 0.25) is 0 Å². The molecule has 22 heavy (non-hydrogen) atoms. The fraction of sp³-hybridized carbons (Fsp3) is 0.667. The van der Waals surface area contributed by atoms with Crippen molar-refractivity contribution in [1.29, 1.82) is 0 Å². The molecule has 1 aromatic rings. The van der Waals surface area contributed by atoms with Crippen molar-refractivity contribution in [3.8, 4) is 5.75 Å². The van der Waals surface area contributed by atoms with Crippen molar-refractivity contribution in [2.75, 3.05) is 25.1 Å². The predicted octanol–water partition coefficient (Wildman–Crippen LogP) is 2.56. The van der Waals surface area contributed by atoms with Crippen LogP contribution in [0.25, 0.3) is 0 Å². The number of rotatable bonds is 4. The fourth-order valence-electron chi connectivity index (χ4n) is 3.71. The first-order valence-electron chi connectivity index (χ1n) is 8.59. The van der Waals surface area contributed by atoms with Crippen LogP contribution in [0.1, 0.15) is 38.5 Å². The minimum Gasteiger partial charge on any atom is -0.497 e. The van der Waals surface area contributed by atoms with Gasteiger partial charge in [-0.2, -0.15) is 0 Å². The first-order chi connectivity index (χ1) is 10.8. The van der Waals surface area contributed by atoms with Gasteiger partial charge in [0.2, 0.25) is 0 Å². The second kappa shape index (κ2) is 7.34. The van der Waals surface area contributed by atoms with Crippen molar-refractivity contribution in [2.45, 2.75) is 56.7 Å². The third kappa shape index (κ3) is 3.73. The fourth-order valence-corrected chi connectivity index (χ4v) is 3.71. The van der Waals surface area contributed by atoms with E-state index in [0.29, 0.717) is 12.1 Å². The number of anilines is 1. The van der Waals surface area contributed by atoms with E-state index in [-0.39, 0.29) is 6.10 Å². The number of nitrogens with zero attached hydrogens (tertiary/aromatic N) is 1. The monoisotopic (exact) mass is 304 g/mol. The van der Waals surface area contributed by atoms with E-state index in [0.717, 1.165) is 44.5 Å². The SMILES string of the molecule is COc1ccc(N2CCC(NC3CCCCC3O)CC2)cc1. The van der Waals surface area contributed by atoms with E-state index >= 15 is 0 Å². The summed E-state index contributed by atoms with van der Waals surface area (Å²) in [7, 11) is 1.70. The highest BCUT2D eigenvalue weighted by molar-refractivity contribution is 5.49. The first-order valence-corrected chi connectivity index (χ1v) is 8.59. The summed E-state index contributed by atoms with van der Waals surface area (Å²) in [5, 5.41) is 13.8. The second-order valence-corrected chi connectivity index (χ2v) is 6.58. The van der Waals surface area contributed by atoms with Gasteiger partial charge in [-0.05, 0) is 49.9 Å². The highest BCUT2D eigenvalue weighted by atomic mass is 16.5. The minimum atomic E-state index is -0.145. The molecule has 1 aliphatic heterocycles. The Labute approximate surface area is 133 Å². The number of piperidine rings is 1. The highest BCUT2D eigenvalue weighted by Gasteiger charge is 2.27. The maximum atomic E-state index is 10.1. The van der Waals surface area contributed by atoms with Crippen LogP contribution in [0.5, 0.6) is 5.75 Å². The van der Waals surface area contributed by atoms with Crippen LogP contribution in [0.4, 0.5) is 5.69 Å². The maximum Gasteiger partial charge on any atom is 0.119 e.